The summed E-state index contributed by atoms with van der Waals surface area (Å²) in [4.78, 5) is 27.5. The topological polar surface area (TPSA) is 111 Å². The Hall–Kier alpha value is -3.03. The first-order valence-corrected chi connectivity index (χ1v) is 10.6. The number of carbonyl (C=O) groups is 1. The molecule has 1 aliphatic rings. The first-order chi connectivity index (χ1) is 14.9. The smallest absolute Gasteiger partial charge is 0.354 e. The van der Waals surface area contributed by atoms with E-state index >= 15 is 0 Å². The van der Waals surface area contributed by atoms with E-state index in [9.17, 15) is 9.59 Å². The zero-order chi connectivity index (χ0) is 22.0. The molecule has 0 bridgehead atoms. The Kier molecular flexibility index (Phi) is 5.89. The van der Waals surface area contributed by atoms with E-state index in [-0.39, 0.29) is 22.7 Å². The van der Waals surface area contributed by atoms with Crippen molar-refractivity contribution < 1.29 is 9.90 Å². The van der Waals surface area contributed by atoms with Gasteiger partial charge < -0.3 is 10.8 Å². The fourth-order valence-corrected chi connectivity index (χ4v) is 4.53. The highest BCUT2D eigenvalue weighted by Crippen LogP contribution is 2.42. The third-order valence-corrected chi connectivity index (χ3v) is 6.42. The van der Waals surface area contributed by atoms with Crippen molar-refractivity contribution in [3.05, 3.63) is 81.4 Å². The number of aromatic carboxylic acids is 1. The van der Waals surface area contributed by atoms with Crippen LogP contribution >= 0.6 is 11.6 Å². The van der Waals surface area contributed by atoms with Gasteiger partial charge in [0.25, 0.3) is 5.56 Å². The van der Waals surface area contributed by atoms with Gasteiger partial charge in [-0.3, -0.25) is 4.79 Å². The Bertz CT molecular complexity index is 1150. The zero-order valence-electron chi connectivity index (χ0n) is 16.9. The van der Waals surface area contributed by atoms with Crippen LogP contribution in [0.15, 0.2) is 59.5 Å². The minimum absolute atomic E-state index is 0.0300. The molecule has 4 rings (SSSR count). The molecule has 0 saturated heterocycles. The van der Waals surface area contributed by atoms with Crippen molar-refractivity contribution in [1.29, 1.82) is 0 Å². The van der Waals surface area contributed by atoms with Crippen molar-refractivity contribution in [3.63, 3.8) is 0 Å². The molecule has 0 unspecified atom stereocenters. The standard InChI is InChI=1S/C23H23ClN4O3/c24-17-3-1-2-16(12-17)23(14-25)10-8-18(9-11-23)28-21(29)7-6-19(27-28)15-4-5-20(22(30)31)26-13-15/h1-7,12-13,18H,8-11,14,25H2,(H,30,31). The highest BCUT2D eigenvalue weighted by molar-refractivity contribution is 6.30. The van der Waals surface area contributed by atoms with Crippen molar-refractivity contribution >= 4 is 17.6 Å². The summed E-state index contributed by atoms with van der Waals surface area (Å²) in [6.07, 6.45) is 4.68. The number of halogens is 1. The van der Waals surface area contributed by atoms with E-state index in [0.29, 0.717) is 22.8 Å². The van der Waals surface area contributed by atoms with E-state index in [2.05, 4.69) is 16.1 Å². The number of hydrogen-bond donors (Lipinski definition) is 2. The van der Waals surface area contributed by atoms with Gasteiger partial charge in [0, 0.05) is 34.8 Å². The molecule has 1 saturated carbocycles. The minimum atomic E-state index is -1.09. The van der Waals surface area contributed by atoms with E-state index in [1.807, 2.05) is 18.2 Å². The number of nitrogens with two attached hydrogens (primary N) is 1. The minimum Gasteiger partial charge on any atom is -0.477 e. The number of aromatic nitrogens is 3. The quantitative estimate of drug-likeness (QED) is 0.628. The van der Waals surface area contributed by atoms with Crippen LogP contribution in [0.5, 0.6) is 0 Å². The average molecular weight is 439 g/mol. The molecule has 2 aromatic heterocycles. The van der Waals surface area contributed by atoms with Crippen LogP contribution in [-0.4, -0.2) is 32.4 Å². The van der Waals surface area contributed by atoms with Gasteiger partial charge in [-0.05, 0) is 61.6 Å². The number of pyridine rings is 1. The zero-order valence-corrected chi connectivity index (χ0v) is 17.6. The molecule has 160 valence electrons. The molecule has 8 heteroatoms. The summed E-state index contributed by atoms with van der Waals surface area (Å²) in [5.74, 6) is -1.09. The molecular formula is C23H23ClN4O3. The van der Waals surface area contributed by atoms with Crippen LogP contribution in [0.3, 0.4) is 0 Å². The summed E-state index contributed by atoms with van der Waals surface area (Å²) in [6.45, 7) is 0.518. The van der Waals surface area contributed by atoms with Gasteiger partial charge in [0.15, 0.2) is 0 Å². The predicted molar refractivity (Wildman–Crippen MR) is 118 cm³/mol. The summed E-state index contributed by atoms with van der Waals surface area (Å²) < 4.78 is 1.54. The fraction of sp³-hybridized carbons (Fsp3) is 0.304. The summed E-state index contributed by atoms with van der Waals surface area (Å²) in [6, 6.07) is 14.0. The van der Waals surface area contributed by atoms with Gasteiger partial charge >= 0.3 is 5.97 Å². The lowest BCUT2D eigenvalue weighted by Gasteiger charge is -2.40. The number of benzene rings is 1. The van der Waals surface area contributed by atoms with Crippen LogP contribution in [0.2, 0.25) is 5.02 Å². The molecule has 0 atom stereocenters. The molecule has 7 nitrogen and oxygen atoms in total. The lowest BCUT2D eigenvalue weighted by molar-refractivity contribution is 0.0690. The van der Waals surface area contributed by atoms with Crippen LogP contribution in [-0.2, 0) is 5.41 Å². The molecule has 3 N–H and O–H groups in total. The highest BCUT2D eigenvalue weighted by atomic mass is 35.5. The normalized spacial score (nSPS) is 21.0. The Morgan fingerprint density at radius 2 is 1.97 bits per heavy atom. The molecule has 1 aromatic carbocycles. The van der Waals surface area contributed by atoms with Crippen molar-refractivity contribution in [2.45, 2.75) is 37.1 Å². The molecule has 0 amide bonds. The van der Waals surface area contributed by atoms with Gasteiger partial charge in [0.05, 0.1) is 11.7 Å². The maximum Gasteiger partial charge on any atom is 0.354 e. The van der Waals surface area contributed by atoms with Crippen molar-refractivity contribution in [2.75, 3.05) is 6.54 Å². The molecule has 2 heterocycles. The van der Waals surface area contributed by atoms with Gasteiger partial charge in [0.2, 0.25) is 0 Å². The summed E-state index contributed by atoms with van der Waals surface area (Å²) >= 11 is 6.20. The van der Waals surface area contributed by atoms with Gasteiger partial charge in [-0.15, -0.1) is 0 Å². The monoisotopic (exact) mass is 438 g/mol. The SMILES string of the molecule is NCC1(c2cccc(Cl)c2)CCC(n2nc(-c3ccc(C(=O)O)nc3)ccc2=O)CC1. The molecule has 3 aromatic rings. The van der Waals surface area contributed by atoms with Crippen LogP contribution in [0, 0.1) is 0 Å². The summed E-state index contributed by atoms with van der Waals surface area (Å²) in [7, 11) is 0. The Morgan fingerprint density at radius 3 is 2.58 bits per heavy atom. The molecule has 0 radical (unpaired) electrons. The van der Waals surface area contributed by atoms with Crippen LogP contribution < -0.4 is 11.3 Å². The number of hydrogen-bond acceptors (Lipinski definition) is 5. The van der Waals surface area contributed by atoms with E-state index in [1.54, 1.807) is 16.8 Å². The number of rotatable bonds is 5. The van der Waals surface area contributed by atoms with Gasteiger partial charge in [-0.1, -0.05) is 23.7 Å². The fourth-order valence-electron chi connectivity index (χ4n) is 4.34. The third kappa shape index (κ3) is 4.24. The average Bonchev–Trinajstić information content (AvgIpc) is 2.79. The van der Waals surface area contributed by atoms with Crippen molar-refractivity contribution in [2.24, 2.45) is 5.73 Å². The van der Waals surface area contributed by atoms with Gasteiger partial charge in [0.1, 0.15) is 5.69 Å². The maximum absolute atomic E-state index is 12.6. The van der Waals surface area contributed by atoms with Crippen molar-refractivity contribution in [3.8, 4) is 11.3 Å². The molecule has 0 spiro atoms. The molecule has 1 aliphatic carbocycles. The Labute approximate surface area is 184 Å². The van der Waals surface area contributed by atoms with Crippen LogP contribution in [0.1, 0.15) is 47.8 Å². The largest absolute Gasteiger partial charge is 0.477 e. The second kappa shape index (κ2) is 8.61. The highest BCUT2D eigenvalue weighted by Gasteiger charge is 2.37. The van der Waals surface area contributed by atoms with Crippen LogP contribution in [0.4, 0.5) is 0 Å². The molecule has 31 heavy (non-hydrogen) atoms. The first kappa shape index (κ1) is 21.2. The van der Waals surface area contributed by atoms with E-state index in [0.717, 1.165) is 31.2 Å². The van der Waals surface area contributed by atoms with Gasteiger partial charge in [-0.2, -0.15) is 5.10 Å². The maximum atomic E-state index is 12.6. The first-order valence-electron chi connectivity index (χ1n) is 10.2. The third-order valence-electron chi connectivity index (χ3n) is 6.19. The predicted octanol–water partition coefficient (Wildman–Crippen LogP) is 3.67. The van der Waals surface area contributed by atoms with E-state index in [4.69, 9.17) is 22.4 Å². The summed E-state index contributed by atoms with van der Waals surface area (Å²) in [5, 5.41) is 14.3. The number of carboxylic acids is 1. The number of carboxylic acid groups (broad SMARTS) is 1. The summed E-state index contributed by atoms with van der Waals surface area (Å²) in [5.41, 5.74) is 8.21. The number of nitrogens with zero attached hydrogens (tertiary/aromatic N) is 3. The van der Waals surface area contributed by atoms with E-state index < -0.39 is 5.97 Å². The Morgan fingerprint density at radius 1 is 1.19 bits per heavy atom. The van der Waals surface area contributed by atoms with E-state index in [1.165, 1.54) is 18.3 Å². The second-order valence-corrected chi connectivity index (χ2v) is 8.40. The second-order valence-electron chi connectivity index (χ2n) is 7.96. The lowest BCUT2D eigenvalue weighted by Crippen LogP contribution is -2.41. The molecule has 0 aliphatic heterocycles. The lowest BCUT2D eigenvalue weighted by atomic mass is 9.68. The van der Waals surface area contributed by atoms with Gasteiger partial charge in [-0.25, -0.2) is 14.5 Å². The molecule has 1 fully saturated rings. The van der Waals surface area contributed by atoms with Crippen LogP contribution in [0.25, 0.3) is 11.3 Å². The Balaban J connectivity index is 1.58. The van der Waals surface area contributed by atoms with Crippen molar-refractivity contribution in [1.82, 2.24) is 14.8 Å². The molecular weight excluding hydrogens is 416 g/mol.